The number of aromatic nitrogens is 2. The zero-order chi connectivity index (χ0) is 16.7. The van der Waals surface area contributed by atoms with Crippen LogP contribution in [0.4, 0.5) is 4.39 Å². The van der Waals surface area contributed by atoms with Crippen molar-refractivity contribution in [2.75, 3.05) is 0 Å². The number of halogens is 2. The highest BCUT2D eigenvalue weighted by molar-refractivity contribution is 7.15. The number of thiophene rings is 1. The van der Waals surface area contributed by atoms with E-state index < -0.39 is 0 Å². The molecule has 0 radical (unpaired) electrons. The summed E-state index contributed by atoms with van der Waals surface area (Å²) in [5.74, 6) is 0.594. The summed E-state index contributed by atoms with van der Waals surface area (Å²) < 4.78 is 15.7. The van der Waals surface area contributed by atoms with Crippen molar-refractivity contribution in [1.29, 1.82) is 0 Å². The lowest BCUT2D eigenvalue weighted by molar-refractivity contribution is 0.629. The average Bonchev–Trinajstić information content (AvgIpc) is 3.13. The SMILES string of the molecule is Cc1ccc(-c2nc3cc(F)ccc3n2Cc2ccc(Cl)cc2)s1. The molecule has 0 fully saturated rings. The number of imidazole rings is 1. The predicted octanol–water partition coefficient (Wildman–Crippen LogP) is 5.91. The molecule has 120 valence electrons. The van der Waals surface area contributed by atoms with Crippen LogP contribution < -0.4 is 0 Å². The Morgan fingerprint density at radius 2 is 1.88 bits per heavy atom. The Bertz CT molecular complexity index is 1020. The lowest BCUT2D eigenvalue weighted by atomic mass is 10.2. The number of nitrogens with zero attached hydrogens (tertiary/aromatic N) is 2. The smallest absolute Gasteiger partial charge is 0.151 e. The molecule has 0 aliphatic carbocycles. The number of aryl methyl sites for hydroxylation is 1. The Balaban J connectivity index is 1.88. The van der Waals surface area contributed by atoms with Gasteiger partial charge < -0.3 is 4.57 Å². The Morgan fingerprint density at radius 3 is 2.58 bits per heavy atom. The fourth-order valence-corrected chi connectivity index (χ4v) is 3.77. The van der Waals surface area contributed by atoms with Crippen LogP contribution in [0.1, 0.15) is 10.4 Å². The molecular formula is C19H14ClFN2S. The van der Waals surface area contributed by atoms with E-state index in [1.807, 2.05) is 24.3 Å². The second kappa shape index (κ2) is 6.04. The molecule has 0 saturated heterocycles. The van der Waals surface area contributed by atoms with E-state index in [0.717, 1.165) is 21.8 Å². The maximum atomic E-state index is 13.6. The largest absolute Gasteiger partial charge is 0.319 e. The topological polar surface area (TPSA) is 17.8 Å². The van der Waals surface area contributed by atoms with Crippen LogP contribution >= 0.6 is 22.9 Å². The summed E-state index contributed by atoms with van der Waals surface area (Å²) in [7, 11) is 0. The molecule has 4 aromatic rings. The number of fused-ring (bicyclic) bond motifs is 1. The van der Waals surface area contributed by atoms with E-state index >= 15 is 0 Å². The van der Waals surface area contributed by atoms with Crippen molar-refractivity contribution in [3.63, 3.8) is 0 Å². The van der Waals surface area contributed by atoms with Gasteiger partial charge in [-0.15, -0.1) is 11.3 Å². The quantitative estimate of drug-likeness (QED) is 0.446. The fraction of sp³-hybridized carbons (Fsp3) is 0.105. The molecule has 0 spiro atoms. The summed E-state index contributed by atoms with van der Waals surface area (Å²) in [6.07, 6.45) is 0. The first-order valence-electron chi connectivity index (χ1n) is 7.57. The molecule has 0 N–H and O–H groups in total. The van der Waals surface area contributed by atoms with E-state index in [0.29, 0.717) is 17.1 Å². The third kappa shape index (κ3) is 2.83. The van der Waals surface area contributed by atoms with Crippen LogP contribution in [0.3, 0.4) is 0 Å². The Labute approximate surface area is 148 Å². The molecule has 0 aliphatic heterocycles. The monoisotopic (exact) mass is 356 g/mol. The zero-order valence-electron chi connectivity index (χ0n) is 13.0. The summed E-state index contributed by atoms with van der Waals surface area (Å²) in [6.45, 7) is 2.73. The Kier molecular flexibility index (Phi) is 3.87. The van der Waals surface area contributed by atoms with Gasteiger partial charge in [-0.2, -0.15) is 0 Å². The summed E-state index contributed by atoms with van der Waals surface area (Å²) in [5, 5.41) is 0.713. The van der Waals surface area contributed by atoms with Gasteiger partial charge in [-0.1, -0.05) is 23.7 Å². The van der Waals surface area contributed by atoms with Crippen LogP contribution in [0, 0.1) is 12.7 Å². The summed E-state index contributed by atoms with van der Waals surface area (Å²) in [6, 6.07) is 16.7. The highest BCUT2D eigenvalue weighted by Gasteiger charge is 2.15. The standard InChI is InChI=1S/C19H14ClFN2S/c1-12-2-9-18(24-12)19-22-16-10-15(21)7-8-17(16)23(19)11-13-3-5-14(20)6-4-13/h2-10H,11H2,1H3. The van der Waals surface area contributed by atoms with E-state index in [-0.39, 0.29) is 5.82 Å². The normalized spacial score (nSPS) is 11.3. The third-order valence-electron chi connectivity index (χ3n) is 3.92. The maximum absolute atomic E-state index is 13.6. The second-order valence-electron chi connectivity index (χ2n) is 5.69. The molecule has 4 rings (SSSR count). The molecule has 0 unspecified atom stereocenters. The first-order chi connectivity index (χ1) is 11.6. The molecule has 2 heterocycles. The van der Waals surface area contributed by atoms with E-state index in [9.17, 15) is 4.39 Å². The highest BCUT2D eigenvalue weighted by atomic mass is 35.5. The molecule has 2 aromatic heterocycles. The molecule has 0 atom stereocenters. The predicted molar refractivity (Wildman–Crippen MR) is 98.3 cm³/mol. The van der Waals surface area contributed by atoms with Crippen LogP contribution in [0.2, 0.25) is 5.02 Å². The van der Waals surface area contributed by atoms with E-state index in [1.165, 1.54) is 17.0 Å². The van der Waals surface area contributed by atoms with Crippen molar-refractivity contribution >= 4 is 34.0 Å². The van der Waals surface area contributed by atoms with E-state index in [4.69, 9.17) is 11.6 Å². The molecule has 0 bridgehead atoms. The molecule has 0 saturated carbocycles. The average molecular weight is 357 g/mol. The first-order valence-corrected chi connectivity index (χ1v) is 8.76. The fourth-order valence-electron chi connectivity index (χ4n) is 2.78. The number of rotatable bonds is 3. The van der Waals surface area contributed by atoms with Crippen molar-refractivity contribution in [2.24, 2.45) is 0 Å². The van der Waals surface area contributed by atoms with Crippen LogP contribution in [-0.4, -0.2) is 9.55 Å². The summed E-state index contributed by atoms with van der Waals surface area (Å²) in [5.41, 5.74) is 2.72. The summed E-state index contributed by atoms with van der Waals surface area (Å²) >= 11 is 7.67. The van der Waals surface area contributed by atoms with Crippen LogP contribution in [-0.2, 0) is 6.54 Å². The minimum atomic E-state index is -0.271. The number of hydrogen-bond donors (Lipinski definition) is 0. The molecule has 5 heteroatoms. The Morgan fingerprint density at radius 1 is 1.08 bits per heavy atom. The van der Waals surface area contributed by atoms with Crippen LogP contribution in [0.15, 0.2) is 54.6 Å². The van der Waals surface area contributed by atoms with Gasteiger partial charge in [0.2, 0.25) is 0 Å². The Hall–Kier alpha value is -2.17. The van der Waals surface area contributed by atoms with Gasteiger partial charge in [0.05, 0.1) is 15.9 Å². The lowest BCUT2D eigenvalue weighted by Gasteiger charge is -2.09. The molecule has 0 amide bonds. The lowest BCUT2D eigenvalue weighted by Crippen LogP contribution is -2.01. The molecule has 0 aliphatic rings. The molecular weight excluding hydrogens is 343 g/mol. The van der Waals surface area contributed by atoms with Gasteiger partial charge in [0.1, 0.15) is 5.82 Å². The van der Waals surface area contributed by atoms with Crippen molar-refractivity contribution in [3.8, 4) is 10.7 Å². The van der Waals surface area contributed by atoms with Crippen molar-refractivity contribution in [2.45, 2.75) is 13.5 Å². The highest BCUT2D eigenvalue weighted by Crippen LogP contribution is 2.31. The van der Waals surface area contributed by atoms with Crippen LogP contribution in [0.5, 0.6) is 0 Å². The van der Waals surface area contributed by atoms with Gasteiger partial charge in [-0.25, -0.2) is 9.37 Å². The van der Waals surface area contributed by atoms with Crippen LogP contribution in [0.25, 0.3) is 21.7 Å². The molecule has 24 heavy (non-hydrogen) atoms. The number of benzene rings is 2. The van der Waals surface area contributed by atoms with Crippen molar-refractivity contribution < 1.29 is 4.39 Å². The van der Waals surface area contributed by atoms with Gasteiger partial charge >= 0.3 is 0 Å². The molecule has 2 aromatic carbocycles. The van der Waals surface area contributed by atoms with Gasteiger partial charge in [0, 0.05) is 22.5 Å². The summed E-state index contributed by atoms with van der Waals surface area (Å²) in [4.78, 5) is 6.98. The van der Waals surface area contributed by atoms with E-state index in [2.05, 4.69) is 28.6 Å². The minimum Gasteiger partial charge on any atom is -0.319 e. The minimum absolute atomic E-state index is 0.271. The first kappa shape index (κ1) is 15.4. The third-order valence-corrected chi connectivity index (χ3v) is 5.17. The maximum Gasteiger partial charge on any atom is 0.151 e. The molecule has 2 nitrogen and oxygen atoms in total. The van der Waals surface area contributed by atoms with Crippen molar-refractivity contribution in [3.05, 3.63) is 75.9 Å². The van der Waals surface area contributed by atoms with Gasteiger partial charge in [-0.3, -0.25) is 0 Å². The second-order valence-corrected chi connectivity index (χ2v) is 7.42. The number of hydrogen-bond acceptors (Lipinski definition) is 2. The van der Waals surface area contributed by atoms with Gasteiger partial charge in [0.25, 0.3) is 0 Å². The van der Waals surface area contributed by atoms with E-state index in [1.54, 1.807) is 17.4 Å². The van der Waals surface area contributed by atoms with Crippen molar-refractivity contribution in [1.82, 2.24) is 9.55 Å². The van der Waals surface area contributed by atoms with Gasteiger partial charge in [-0.05, 0) is 48.9 Å². The zero-order valence-corrected chi connectivity index (χ0v) is 14.5. The van der Waals surface area contributed by atoms with Gasteiger partial charge in [0.15, 0.2) is 5.82 Å².